The van der Waals surface area contributed by atoms with Crippen molar-refractivity contribution in [2.75, 3.05) is 11.9 Å². The van der Waals surface area contributed by atoms with Crippen LogP contribution in [0.1, 0.15) is 18.9 Å². The van der Waals surface area contributed by atoms with E-state index in [0.29, 0.717) is 18.4 Å². The summed E-state index contributed by atoms with van der Waals surface area (Å²) in [4.78, 5) is 8.11. The van der Waals surface area contributed by atoms with E-state index in [-0.39, 0.29) is 12.1 Å². The monoisotopic (exact) mass is 279 g/mol. The Balaban J connectivity index is 2.01. The molecule has 0 amide bonds. The van der Waals surface area contributed by atoms with E-state index in [0.717, 1.165) is 24.6 Å². The van der Waals surface area contributed by atoms with Gasteiger partial charge in [0, 0.05) is 24.4 Å². The first-order chi connectivity index (χ1) is 9.69. The van der Waals surface area contributed by atoms with Crippen LogP contribution in [0.4, 0.5) is 14.7 Å². The van der Waals surface area contributed by atoms with Crippen molar-refractivity contribution in [3.8, 4) is 5.88 Å². The van der Waals surface area contributed by atoms with E-state index in [1.165, 1.54) is 0 Å². The fourth-order valence-corrected chi connectivity index (χ4v) is 1.57. The second-order valence-corrected chi connectivity index (χ2v) is 4.16. The third kappa shape index (κ3) is 3.88. The zero-order chi connectivity index (χ0) is 14.4. The Morgan fingerprint density at radius 2 is 2.10 bits per heavy atom. The van der Waals surface area contributed by atoms with Crippen LogP contribution < -0.4 is 10.1 Å². The molecule has 0 saturated heterocycles. The Kier molecular flexibility index (Phi) is 4.81. The third-order valence-electron chi connectivity index (χ3n) is 2.53. The minimum atomic E-state index is -0.482. The minimum absolute atomic E-state index is 0.0980. The minimum Gasteiger partial charge on any atom is -0.478 e. The van der Waals surface area contributed by atoms with Crippen LogP contribution >= 0.6 is 0 Å². The maximum Gasteiger partial charge on any atom is 0.226 e. The SMILES string of the molecule is CCCOc1ccnc(NCc2cc(F)ccc2F)n1. The summed E-state index contributed by atoms with van der Waals surface area (Å²) in [7, 11) is 0. The van der Waals surface area contributed by atoms with Gasteiger partial charge in [-0.2, -0.15) is 4.98 Å². The van der Waals surface area contributed by atoms with E-state index in [1.54, 1.807) is 12.3 Å². The van der Waals surface area contributed by atoms with E-state index in [4.69, 9.17) is 4.74 Å². The van der Waals surface area contributed by atoms with Crippen molar-refractivity contribution in [1.82, 2.24) is 9.97 Å². The average Bonchev–Trinajstić information content (AvgIpc) is 2.46. The van der Waals surface area contributed by atoms with Crippen LogP contribution in [-0.4, -0.2) is 16.6 Å². The lowest BCUT2D eigenvalue weighted by Crippen LogP contribution is -2.06. The van der Waals surface area contributed by atoms with Gasteiger partial charge < -0.3 is 10.1 Å². The number of nitrogens with zero attached hydrogens (tertiary/aromatic N) is 2. The summed E-state index contributed by atoms with van der Waals surface area (Å²) < 4.78 is 31.8. The maximum absolute atomic E-state index is 13.4. The van der Waals surface area contributed by atoms with Crippen molar-refractivity contribution in [1.29, 1.82) is 0 Å². The molecule has 20 heavy (non-hydrogen) atoms. The molecule has 0 atom stereocenters. The van der Waals surface area contributed by atoms with Crippen LogP contribution in [-0.2, 0) is 6.54 Å². The van der Waals surface area contributed by atoms with Crippen LogP contribution in [0.2, 0.25) is 0 Å². The van der Waals surface area contributed by atoms with Crippen LogP contribution in [0, 0.1) is 11.6 Å². The quantitative estimate of drug-likeness (QED) is 0.882. The van der Waals surface area contributed by atoms with Gasteiger partial charge in [-0.05, 0) is 24.6 Å². The van der Waals surface area contributed by atoms with Gasteiger partial charge in [0.15, 0.2) is 0 Å². The predicted octanol–water partition coefficient (Wildman–Crippen LogP) is 3.16. The molecule has 4 nitrogen and oxygen atoms in total. The van der Waals surface area contributed by atoms with Crippen LogP contribution in [0.25, 0.3) is 0 Å². The number of hydrogen-bond donors (Lipinski definition) is 1. The molecule has 0 bridgehead atoms. The lowest BCUT2D eigenvalue weighted by molar-refractivity contribution is 0.305. The van der Waals surface area contributed by atoms with Gasteiger partial charge in [0.25, 0.3) is 0 Å². The Morgan fingerprint density at radius 3 is 2.90 bits per heavy atom. The molecule has 0 saturated carbocycles. The smallest absolute Gasteiger partial charge is 0.226 e. The summed E-state index contributed by atoms with van der Waals surface area (Å²) in [6.45, 7) is 2.66. The molecule has 0 aliphatic carbocycles. The standard InChI is InChI=1S/C14H15F2N3O/c1-2-7-20-13-5-6-17-14(19-13)18-9-10-8-11(15)3-4-12(10)16/h3-6,8H,2,7,9H2,1H3,(H,17,18,19). The van der Waals surface area contributed by atoms with Crippen LogP contribution in [0.5, 0.6) is 5.88 Å². The number of aromatic nitrogens is 2. The van der Waals surface area contributed by atoms with E-state index in [1.807, 2.05) is 6.92 Å². The zero-order valence-electron chi connectivity index (χ0n) is 11.1. The van der Waals surface area contributed by atoms with Crippen molar-refractivity contribution >= 4 is 5.95 Å². The Morgan fingerprint density at radius 1 is 1.25 bits per heavy atom. The Bertz CT molecular complexity index is 578. The average molecular weight is 279 g/mol. The molecular weight excluding hydrogens is 264 g/mol. The Labute approximate surface area is 115 Å². The number of hydrogen-bond acceptors (Lipinski definition) is 4. The fraction of sp³-hybridized carbons (Fsp3) is 0.286. The normalized spacial score (nSPS) is 10.3. The number of benzene rings is 1. The second-order valence-electron chi connectivity index (χ2n) is 4.16. The van der Waals surface area contributed by atoms with E-state index in [9.17, 15) is 8.78 Å². The highest BCUT2D eigenvalue weighted by atomic mass is 19.1. The largest absolute Gasteiger partial charge is 0.478 e. The molecule has 0 spiro atoms. The third-order valence-corrected chi connectivity index (χ3v) is 2.53. The maximum atomic E-state index is 13.4. The molecule has 0 fully saturated rings. The van der Waals surface area contributed by atoms with Gasteiger partial charge in [0.05, 0.1) is 6.61 Å². The van der Waals surface area contributed by atoms with Crippen molar-refractivity contribution < 1.29 is 13.5 Å². The van der Waals surface area contributed by atoms with Crippen LogP contribution in [0.3, 0.4) is 0 Å². The number of rotatable bonds is 6. The Hall–Kier alpha value is -2.24. The number of halogens is 2. The molecule has 1 N–H and O–H groups in total. The second kappa shape index (κ2) is 6.79. The molecule has 1 heterocycles. The molecular formula is C14H15F2N3O. The first-order valence-electron chi connectivity index (χ1n) is 6.32. The molecule has 0 aliphatic heterocycles. The van der Waals surface area contributed by atoms with E-state index < -0.39 is 11.6 Å². The van der Waals surface area contributed by atoms with Gasteiger partial charge in [-0.25, -0.2) is 13.8 Å². The molecule has 0 aliphatic rings. The molecule has 1 aromatic carbocycles. The summed E-state index contributed by atoms with van der Waals surface area (Å²) >= 11 is 0. The molecule has 106 valence electrons. The van der Waals surface area contributed by atoms with Gasteiger partial charge in [-0.1, -0.05) is 6.92 Å². The number of ether oxygens (including phenoxy) is 1. The van der Waals surface area contributed by atoms with Crippen molar-refractivity contribution in [2.24, 2.45) is 0 Å². The molecule has 6 heteroatoms. The van der Waals surface area contributed by atoms with Crippen molar-refractivity contribution in [3.05, 3.63) is 47.7 Å². The van der Waals surface area contributed by atoms with Gasteiger partial charge >= 0.3 is 0 Å². The first kappa shape index (κ1) is 14.2. The van der Waals surface area contributed by atoms with Gasteiger partial charge in [-0.15, -0.1) is 0 Å². The van der Waals surface area contributed by atoms with Crippen molar-refractivity contribution in [3.63, 3.8) is 0 Å². The number of nitrogens with one attached hydrogen (secondary N) is 1. The highest BCUT2D eigenvalue weighted by molar-refractivity contribution is 5.30. The molecule has 1 aromatic heterocycles. The summed E-state index contributed by atoms with van der Waals surface area (Å²) in [6.07, 6.45) is 2.42. The lowest BCUT2D eigenvalue weighted by atomic mass is 10.2. The van der Waals surface area contributed by atoms with Crippen LogP contribution in [0.15, 0.2) is 30.5 Å². The topological polar surface area (TPSA) is 47.0 Å². The van der Waals surface area contributed by atoms with Gasteiger partial charge in [0.2, 0.25) is 11.8 Å². The van der Waals surface area contributed by atoms with E-state index in [2.05, 4.69) is 15.3 Å². The molecule has 0 radical (unpaired) electrons. The highest BCUT2D eigenvalue weighted by Gasteiger charge is 2.05. The fourth-order valence-electron chi connectivity index (χ4n) is 1.57. The molecule has 2 rings (SSSR count). The molecule has 0 unspecified atom stereocenters. The summed E-state index contributed by atoms with van der Waals surface area (Å²) in [5.41, 5.74) is 0.216. The lowest BCUT2D eigenvalue weighted by Gasteiger charge is -2.08. The van der Waals surface area contributed by atoms with Gasteiger partial charge in [0.1, 0.15) is 11.6 Å². The van der Waals surface area contributed by atoms with E-state index >= 15 is 0 Å². The van der Waals surface area contributed by atoms with Gasteiger partial charge in [-0.3, -0.25) is 0 Å². The first-order valence-corrected chi connectivity index (χ1v) is 6.32. The number of anilines is 1. The van der Waals surface area contributed by atoms with Crippen molar-refractivity contribution in [2.45, 2.75) is 19.9 Å². The summed E-state index contributed by atoms with van der Waals surface area (Å²) in [6, 6.07) is 4.95. The zero-order valence-corrected chi connectivity index (χ0v) is 11.1. The summed E-state index contributed by atoms with van der Waals surface area (Å²) in [5, 5.41) is 2.84. The predicted molar refractivity (Wildman–Crippen MR) is 71.5 cm³/mol. The molecule has 2 aromatic rings. The summed E-state index contributed by atoms with van der Waals surface area (Å²) in [5.74, 6) is -0.201. The highest BCUT2D eigenvalue weighted by Crippen LogP contribution is 2.13.